The van der Waals surface area contributed by atoms with Crippen LogP contribution >= 0.6 is 0 Å². The van der Waals surface area contributed by atoms with E-state index in [1.807, 2.05) is 0 Å². The number of rotatable bonds is 9. The topological polar surface area (TPSA) is 124 Å². The fourth-order valence-electron chi connectivity index (χ4n) is 1.30. The van der Waals surface area contributed by atoms with Crippen LogP contribution in [0.2, 0.25) is 0 Å². The summed E-state index contributed by atoms with van der Waals surface area (Å²) in [7, 11) is 0. The molecule has 0 aromatic carbocycles. The molecule has 6 nitrogen and oxygen atoms in total. The molecule has 0 aromatic rings. The summed E-state index contributed by atoms with van der Waals surface area (Å²) in [5.74, 6) is -0.671. The van der Waals surface area contributed by atoms with Crippen LogP contribution < -0.4 is 22.5 Å². The second kappa shape index (κ2) is 9.11. The second-order valence-corrected chi connectivity index (χ2v) is 3.70. The first-order valence-electron chi connectivity index (χ1n) is 5.60. The number of unbranched alkanes of at least 4 members (excludes halogenated alkanes) is 1. The Kier molecular flexibility index (Phi) is 8.46. The van der Waals surface area contributed by atoms with Gasteiger partial charge in [0.15, 0.2) is 0 Å². The minimum absolute atomic E-state index is 0.158. The van der Waals surface area contributed by atoms with Crippen molar-refractivity contribution in [3.63, 3.8) is 0 Å². The van der Waals surface area contributed by atoms with Crippen LogP contribution in [0.3, 0.4) is 0 Å². The summed E-state index contributed by atoms with van der Waals surface area (Å²) < 4.78 is 0. The molecule has 7 N–H and O–H groups in total. The molecule has 0 aromatic heterocycles. The summed E-state index contributed by atoms with van der Waals surface area (Å²) in [5.41, 5.74) is 15.8. The van der Waals surface area contributed by atoms with Crippen LogP contribution in [0.25, 0.3) is 0 Å². The van der Waals surface area contributed by atoms with Crippen LogP contribution in [0.4, 0.5) is 0 Å². The number of hydrogen-bond donors (Lipinski definition) is 4. The second-order valence-electron chi connectivity index (χ2n) is 3.70. The van der Waals surface area contributed by atoms with Gasteiger partial charge in [-0.05, 0) is 38.8 Å². The van der Waals surface area contributed by atoms with Crippen molar-refractivity contribution in [2.45, 2.75) is 38.1 Å². The fourth-order valence-corrected chi connectivity index (χ4v) is 1.30. The first-order chi connectivity index (χ1) is 7.61. The Morgan fingerprint density at radius 2 is 1.69 bits per heavy atom. The number of primary amides is 1. The van der Waals surface area contributed by atoms with E-state index >= 15 is 0 Å². The lowest BCUT2D eigenvalue weighted by Crippen LogP contribution is -2.44. The van der Waals surface area contributed by atoms with Crippen LogP contribution in [-0.2, 0) is 9.59 Å². The summed E-state index contributed by atoms with van der Waals surface area (Å²) in [6.45, 7) is 1.05. The van der Waals surface area contributed by atoms with E-state index in [9.17, 15) is 9.59 Å². The van der Waals surface area contributed by atoms with Gasteiger partial charge < -0.3 is 22.5 Å². The molecule has 0 aliphatic rings. The average Bonchev–Trinajstić information content (AvgIpc) is 2.24. The predicted octanol–water partition coefficient (Wildman–Crippen LogP) is -1.18. The zero-order chi connectivity index (χ0) is 12.4. The number of nitrogens with one attached hydrogen (secondary N) is 1. The van der Waals surface area contributed by atoms with Crippen molar-refractivity contribution in [1.29, 1.82) is 0 Å². The van der Waals surface area contributed by atoms with E-state index < -0.39 is 11.9 Å². The molecule has 0 heterocycles. The monoisotopic (exact) mass is 230 g/mol. The summed E-state index contributed by atoms with van der Waals surface area (Å²) in [6, 6.07) is -0.603. The quantitative estimate of drug-likeness (QED) is 0.372. The third kappa shape index (κ3) is 7.19. The molecule has 0 saturated carbocycles. The summed E-state index contributed by atoms with van der Waals surface area (Å²) in [6.07, 6.45) is 3.07. The highest BCUT2D eigenvalue weighted by Gasteiger charge is 2.16. The third-order valence-corrected chi connectivity index (χ3v) is 2.23. The Balaban J connectivity index is 3.88. The first-order valence-corrected chi connectivity index (χ1v) is 5.60. The number of nitrogens with two attached hydrogens (primary N) is 3. The zero-order valence-corrected chi connectivity index (χ0v) is 9.58. The number of amides is 2. The van der Waals surface area contributed by atoms with E-state index in [1.165, 1.54) is 0 Å². The molecule has 0 spiro atoms. The van der Waals surface area contributed by atoms with Crippen molar-refractivity contribution >= 4 is 11.8 Å². The van der Waals surface area contributed by atoms with E-state index in [-0.39, 0.29) is 5.91 Å². The molecule has 0 saturated heterocycles. The largest absolute Gasteiger partial charge is 0.368 e. The Hall–Kier alpha value is -1.14. The van der Waals surface area contributed by atoms with Crippen molar-refractivity contribution < 1.29 is 9.59 Å². The van der Waals surface area contributed by atoms with Gasteiger partial charge in [0.2, 0.25) is 11.8 Å². The molecule has 2 amide bonds. The lowest BCUT2D eigenvalue weighted by molar-refractivity contribution is -0.127. The lowest BCUT2D eigenvalue weighted by atomic mass is 10.1. The smallest absolute Gasteiger partial charge is 0.240 e. The van der Waals surface area contributed by atoms with Gasteiger partial charge in [-0.3, -0.25) is 9.59 Å². The normalized spacial score (nSPS) is 12.1. The number of carbonyl (C=O) groups is 2. The Morgan fingerprint density at radius 3 is 2.19 bits per heavy atom. The van der Waals surface area contributed by atoms with Crippen molar-refractivity contribution in [2.75, 3.05) is 13.1 Å². The van der Waals surface area contributed by atoms with E-state index in [4.69, 9.17) is 17.2 Å². The van der Waals surface area contributed by atoms with Gasteiger partial charge in [0, 0.05) is 6.42 Å². The maximum atomic E-state index is 11.4. The van der Waals surface area contributed by atoms with Gasteiger partial charge in [0.25, 0.3) is 0 Å². The van der Waals surface area contributed by atoms with E-state index in [1.54, 1.807) is 0 Å². The molecule has 0 fully saturated rings. The molecule has 94 valence electrons. The number of carbonyl (C=O) groups excluding carboxylic acids is 2. The van der Waals surface area contributed by atoms with Crippen LogP contribution in [0.5, 0.6) is 0 Å². The standard InChI is InChI=1S/C10H22N4O2/c11-6-2-1-5-9(15)14-8(10(13)16)4-3-7-12/h8H,1-7,11-12H2,(H2,13,16)(H,14,15)/t8-/m1/s1. The van der Waals surface area contributed by atoms with E-state index in [0.717, 1.165) is 12.8 Å². The zero-order valence-electron chi connectivity index (χ0n) is 9.58. The Morgan fingerprint density at radius 1 is 1.06 bits per heavy atom. The first kappa shape index (κ1) is 14.9. The van der Waals surface area contributed by atoms with Crippen molar-refractivity contribution in [1.82, 2.24) is 5.32 Å². The SMILES string of the molecule is NCCCCC(=O)N[C@H](CCCN)C(N)=O. The highest BCUT2D eigenvalue weighted by Crippen LogP contribution is 1.98. The summed E-state index contributed by atoms with van der Waals surface area (Å²) in [4.78, 5) is 22.4. The van der Waals surface area contributed by atoms with Gasteiger partial charge in [-0.25, -0.2) is 0 Å². The van der Waals surface area contributed by atoms with Crippen LogP contribution in [0.15, 0.2) is 0 Å². The van der Waals surface area contributed by atoms with Crippen LogP contribution in [0, 0.1) is 0 Å². The van der Waals surface area contributed by atoms with Gasteiger partial charge in [-0.2, -0.15) is 0 Å². The highest BCUT2D eigenvalue weighted by atomic mass is 16.2. The van der Waals surface area contributed by atoms with Crippen molar-refractivity contribution in [3.8, 4) is 0 Å². The summed E-state index contributed by atoms with van der Waals surface area (Å²) in [5, 5.41) is 2.60. The molecule has 1 atom stereocenters. The molecule has 0 bridgehead atoms. The molecular weight excluding hydrogens is 208 g/mol. The van der Waals surface area contributed by atoms with E-state index in [2.05, 4.69) is 5.32 Å². The Labute approximate surface area is 95.9 Å². The molecule has 16 heavy (non-hydrogen) atoms. The van der Waals surface area contributed by atoms with Crippen LogP contribution in [-0.4, -0.2) is 30.9 Å². The maximum absolute atomic E-state index is 11.4. The van der Waals surface area contributed by atoms with Crippen molar-refractivity contribution in [2.24, 2.45) is 17.2 Å². The van der Waals surface area contributed by atoms with E-state index in [0.29, 0.717) is 32.4 Å². The average molecular weight is 230 g/mol. The molecule has 6 heteroatoms. The van der Waals surface area contributed by atoms with Gasteiger partial charge >= 0.3 is 0 Å². The Bertz CT molecular complexity index is 221. The highest BCUT2D eigenvalue weighted by molar-refractivity contribution is 5.86. The van der Waals surface area contributed by atoms with Crippen LogP contribution in [0.1, 0.15) is 32.1 Å². The molecule has 0 radical (unpaired) electrons. The molecule has 0 aliphatic carbocycles. The molecule has 0 aliphatic heterocycles. The molecule has 0 unspecified atom stereocenters. The third-order valence-electron chi connectivity index (χ3n) is 2.23. The van der Waals surface area contributed by atoms with Gasteiger partial charge in [0.05, 0.1) is 0 Å². The number of hydrogen-bond acceptors (Lipinski definition) is 4. The van der Waals surface area contributed by atoms with Gasteiger partial charge in [0.1, 0.15) is 6.04 Å². The fraction of sp³-hybridized carbons (Fsp3) is 0.800. The minimum atomic E-state index is -0.603. The lowest BCUT2D eigenvalue weighted by Gasteiger charge is -2.14. The van der Waals surface area contributed by atoms with Gasteiger partial charge in [-0.15, -0.1) is 0 Å². The summed E-state index contributed by atoms with van der Waals surface area (Å²) >= 11 is 0. The minimum Gasteiger partial charge on any atom is -0.368 e. The molecule has 0 rings (SSSR count). The van der Waals surface area contributed by atoms with Crippen molar-refractivity contribution in [3.05, 3.63) is 0 Å². The molecular formula is C10H22N4O2. The maximum Gasteiger partial charge on any atom is 0.240 e. The predicted molar refractivity (Wildman–Crippen MR) is 62.3 cm³/mol. The van der Waals surface area contributed by atoms with Gasteiger partial charge in [-0.1, -0.05) is 0 Å².